The fraction of sp³-hybridized carbons (Fsp3) is 0.440. The van der Waals surface area contributed by atoms with Crippen molar-refractivity contribution in [3.63, 3.8) is 0 Å². The Balaban J connectivity index is 1.93. The van der Waals surface area contributed by atoms with E-state index < -0.39 is 28.5 Å². The fourth-order valence-corrected chi connectivity index (χ4v) is 4.73. The van der Waals surface area contributed by atoms with E-state index in [9.17, 15) is 18.0 Å². The minimum absolute atomic E-state index is 0.0381. The Bertz CT molecular complexity index is 1180. The molecule has 0 saturated heterocycles. The van der Waals surface area contributed by atoms with Crippen molar-refractivity contribution in [2.45, 2.75) is 46.3 Å². The average Bonchev–Trinajstić information content (AvgIpc) is 3.33. The molecule has 11 heteroatoms. The summed E-state index contributed by atoms with van der Waals surface area (Å²) in [4.78, 5) is 27.9. The number of ether oxygens (including phenoxy) is 3. The predicted octanol–water partition coefficient (Wildman–Crippen LogP) is 2.52. The third-order valence-corrected chi connectivity index (χ3v) is 7.47. The average molecular weight is 520 g/mol. The topological polar surface area (TPSA) is 114 Å². The summed E-state index contributed by atoms with van der Waals surface area (Å²) in [5.74, 6) is 0.489. The SMILES string of the molecule is CCS(=O)(=O)N(CC(=O)N(Cc1ccc(OC)cc1)[C@@H](C)C(=O)NC(C)C)c1ccc2c(c1)OCO2. The standard InChI is InChI=1S/C25H33N3O7S/c1-6-36(31,32)28(20-9-12-22-23(13-20)35-16-34-22)15-24(29)27(18(4)25(30)26-17(2)3)14-19-7-10-21(33-5)11-8-19/h7-13,17-18H,6,14-16H2,1-5H3,(H,26,30)/t18-/m0/s1. The van der Waals surface area contributed by atoms with Crippen molar-refractivity contribution in [2.75, 3.05) is 30.5 Å². The summed E-state index contributed by atoms with van der Waals surface area (Å²) in [7, 11) is -2.28. The van der Waals surface area contributed by atoms with Crippen molar-refractivity contribution in [3.05, 3.63) is 48.0 Å². The van der Waals surface area contributed by atoms with Gasteiger partial charge in [0.1, 0.15) is 18.3 Å². The molecule has 0 spiro atoms. The molecule has 1 heterocycles. The van der Waals surface area contributed by atoms with Crippen LogP contribution in [-0.2, 0) is 26.2 Å². The number of hydrogen-bond donors (Lipinski definition) is 1. The molecule has 0 unspecified atom stereocenters. The van der Waals surface area contributed by atoms with Gasteiger partial charge in [-0.1, -0.05) is 12.1 Å². The van der Waals surface area contributed by atoms with E-state index in [1.807, 2.05) is 13.8 Å². The Kier molecular flexibility index (Phi) is 8.67. The highest BCUT2D eigenvalue weighted by Gasteiger charge is 2.32. The van der Waals surface area contributed by atoms with E-state index >= 15 is 0 Å². The van der Waals surface area contributed by atoms with E-state index in [0.29, 0.717) is 17.2 Å². The zero-order chi connectivity index (χ0) is 26.5. The van der Waals surface area contributed by atoms with Crippen LogP contribution in [0.25, 0.3) is 0 Å². The number of hydrogen-bond acceptors (Lipinski definition) is 7. The summed E-state index contributed by atoms with van der Waals surface area (Å²) in [5.41, 5.74) is 1.04. The second-order valence-electron chi connectivity index (χ2n) is 8.65. The zero-order valence-electron chi connectivity index (χ0n) is 21.2. The molecule has 1 atom stereocenters. The summed E-state index contributed by atoms with van der Waals surface area (Å²) >= 11 is 0. The molecule has 0 aromatic heterocycles. The first kappa shape index (κ1) is 27.1. The maximum absolute atomic E-state index is 13.6. The van der Waals surface area contributed by atoms with Crippen molar-refractivity contribution in [1.29, 1.82) is 0 Å². The summed E-state index contributed by atoms with van der Waals surface area (Å²) < 4.78 is 43.0. The van der Waals surface area contributed by atoms with Crippen LogP contribution in [0.1, 0.15) is 33.3 Å². The van der Waals surface area contributed by atoms with Gasteiger partial charge in [0.25, 0.3) is 0 Å². The number of carbonyl (C=O) groups excluding carboxylic acids is 2. The highest BCUT2D eigenvalue weighted by molar-refractivity contribution is 7.92. The predicted molar refractivity (Wildman–Crippen MR) is 136 cm³/mol. The lowest BCUT2D eigenvalue weighted by atomic mass is 10.1. The van der Waals surface area contributed by atoms with Crippen molar-refractivity contribution >= 4 is 27.5 Å². The number of methoxy groups -OCH3 is 1. The molecule has 10 nitrogen and oxygen atoms in total. The van der Waals surface area contributed by atoms with Crippen LogP contribution < -0.4 is 23.8 Å². The molecule has 2 amide bonds. The second kappa shape index (κ2) is 11.5. The Morgan fingerprint density at radius 3 is 2.33 bits per heavy atom. The Morgan fingerprint density at radius 2 is 1.72 bits per heavy atom. The van der Waals surface area contributed by atoms with E-state index in [4.69, 9.17) is 14.2 Å². The molecule has 3 rings (SSSR count). The summed E-state index contributed by atoms with van der Waals surface area (Å²) in [6.07, 6.45) is 0. The van der Waals surface area contributed by atoms with Crippen LogP contribution in [0, 0.1) is 0 Å². The molecule has 2 aromatic rings. The maximum Gasteiger partial charge on any atom is 0.244 e. The van der Waals surface area contributed by atoms with Crippen LogP contribution in [0.2, 0.25) is 0 Å². The second-order valence-corrected chi connectivity index (χ2v) is 10.8. The maximum atomic E-state index is 13.6. The number of fused-ring (bicyclic) bond motifs is 1. The van der Waals surface area contributed by atoms with Gasteiger partial charge in [0.2, 0.25) is 28.6 Å². The number of carbonyl (C=O) groups is 2. The van der Waals surface area contributed by atoms with Gasteiger partial charge in [-0.05, 0) is 57.5 Å². The van der Waals surface area contributed by atoms with E-state index in [0.717, 1.165) is 9.87 Å². The minimum atomic E-state index is -3.83. The molecule has 1 aliphatic heterocycles. The molecule has 0 fully saturated rings. The smallest absolute Gasteiger partial charge is 0.244 e. The van der Waals surface area contributed by atoms with Crippen LogP contribution in [0.4, 0.5) is 5.69 Å². The van der Waals surface area contributed by atoms with Gasteiger partial charge >= 0.3 is 0 Å². The van der Waals surface area contributed by atoms with E-state index in [1.165, 1.54) is 17.9 Å². The van der Waals surface area contributed by atoms with Gasteiger partial charge in [0, 0.05) is 18.7 Å². The molecular formula is C25H33N3O7S. The van der Waals surface area contributed by atoms with Gasteiger partial charge in [0.15, 0.2) is 11.5 Å². The van der Waals surface area contributed by atoms with Gasteiger partial charge in [-0.15, -0.1) is 0 Å². The van der Waals surface area contributed by atoms with Gasteiger partial charge in [-0.25, -0.2) is 8.42 Å². The molecule has 36 heavy (non-hydrogen) atoms. The van der Waals surface area contributed by atoms with Gasteiger partial charge < -0.3 is 24.4 Å². The third kappa shape index (κ3) is 6.39. The number of anilines is 1. The number of amides is 2. The molecule has 1 aliphatic rings. The zero-order valence-corrected chi connectivity index (χ0v) is 22.0. The number of nitrogens with one attached hydrogen (secondary N) is 1. The van der Waals surface area contributed by atoms with Crippen molar-refractivity contribution in [2.24, 2.45) is 0 Å². The fourth-order valence-electron chi connectivity index (χ4n) is 3.68. The summed E-state index contributed by atoms with van der Waals surface area (Å²) in [6.45, 7) is 6.45. The molecule has 0 bridgehead atoms. The van der Waals surface area contributed by atoms with Crippen LogP contribution in [-0.4, -0.2) is 63.4 Å². The molecule has 2 aromatic carbocycles. The van der Waals surface area contributed by atoms with E-state index in [2.05, 4.69) is 5.32 Å². The number of sulfonamides is 1. The first-order valence-electron chi connectivity index (χ1n) is 11.7. The Hall–Kier alpha value is -3.47. The van der Waals surface area contributed by atoms with Crippen LogP contribution in [0.5, 0.6) is 17.2 Å². The molecule has 196 valence electrons. The Morgan fingerprint density at radius 1 is 1.06 bits per heavy atom. The highest BCUT2D eigenvalue weighted by Crippen LogP contribution is 2.36. The largest absolute Gasteiger partial charge is 0.497 e. The molecule has 1 N–H and O–H groups in total. The summed E-state index contributed by atoms with van der Waals surface area (Å²) in [6, 6.07) is 10.9. The molecule has 0 aliphatic carbocycles. The normalized spacial score (nSPS) is 13.3. The molecule has 0 saturated carbocycles. The van der Waals surface area contributed by atoms with E-state index in [1.54, 1.807) is 50.4 Å². The third-order valence-electron chi connectivity index (χ3n) is 5.73. The number of nitrogens with zero attached hydrogens (tertiary/aromatic N) is 2. The van der Waals surface area contributed by atoms with Gasteiger partial charge in [0.05, 0.1) is 18.6 Å². The number of benzene rings is 2. The van der Waals surface area contributed by atoms with Crippen LogP contribution in [0.3, 0.4) is 0 Å². The first-order chi connectivity index (χ1) is 17.1. The lowest BCUT2D eigenvalue weighted by Gasteiger charge is -2.32. The van der Waals surface area contributed by atoms with Crippen molar-refractivity contribution in [1.82, 2.24) is 10.2 Å². The lowest BCUT2D eigenvalue weighted by molar-refractivity contribution is -0.139. The van der Waals surface area contributed by atoms with E-state index in [-0.39, 0.29) is 36.7 Å². The van der Waals surface area contributed by atoms with Crippen molar-refractivity contribution < 1.29 is 32.2 Å². The first-order valence-corrected chi connectivity index (χ1v) is 13.3. The Labute approximate surface area is 212 Å². The molecular weight excluding hydrogens is 486 g/mol. The van der Waals surface area contributed by atoms with Gasteiger partial charge in [-0.3, -0.25) is 13.9 Å². The monoisotopic (exact) mass is 519 g/mol. The summed E-state index contributed by atoms with van der Waals surface area (Å²) in [5, 5.41) is 2.82. The minimum Gasteiger partial charge on any atom is -0.497 e. The molecule has 0 radical (unpaired) electrons. The van der Waals surface area contributed by atoms with Crippen molar-refractivity contribution in [3.8, 4) is 17.2 Å². The highest BCUT2D eigenvalue weighted by atomic mass is 32.2. The lowest BCUT2D eigenvalue weighted by Crippen LogP contribution is -2.52. The van der Waals surface area contributed by atoms with Crippen LogP contribution in [0.15, 0.2) is 42.5 Å². The number of rotatable bonds is 11. The van der Waals surface area contributed by atoms with Crippen LogP contribution >= 0.6 is 0 Å². The quantitative estimate of drug-likeness (QED) is 0.485. The van der Waals surface area contributed by atoms with Gasteiger partial charge in [-0.2, -0.15) is 0 Å².